The molecule has 1 unspecified atom stereocenters. The number of aromatic nitrogens is 2. The summed E-state index contributed by atoms with van der Waals surface area (Å²) < 4.78 is 16.7. The minimum atomic E-state index is -2.64. The van der Waals surface area contributed by atoms with Gasteiger partial charge < -0.3 is 10.6 Å². The lowest BCUT2D eigenvalue weighted by atomic mass is 10.1. The van der Waals surface area contributed by atoms with E-state index >= 15 is 0 Å². The third-order valence-corrected chi connectivity index (χ3v) is 6.35. The largest absolute Gasteiger partial charge is 0.338 e. The molecule has 28 heavy (non-hydrogen) atoms. The number of hydrogen-bond acceptors (Lipinski definition) is 7. The van der Waals surface area contributed by atoms with Gasteiger partial charge in [-0.3, -0.25) is 9.59 Å². The van der Waals surface area contributed by atoms with Crippen LogP contribution in [0.4, 0.5) is 17.3 Å². The van der Waals surface area contributed by atoms with Gasteiger partial charge in [0, 0.05) is 44.1 Å². The molecule has 9 heteroatoms. The molecule has 2 heterocycles. The number of hydrogen-bond donors (Lipinski definition) is 2. The van der Waals surface area contributed by atoms with Crippen molar-refractivity contribution in [3.05, 3.63) is 36.2 Å². The van der Waals surface area contributed by atoms with E-state index in [9.17, 15) is 13.8 Å². The third-order valence-electron chi connectivity index (χ3n) is 4.51. The Balaban J connectivity index is 2.01. The molecule has 2 aromatic heterocycles. The molecule has 1 aliphatic rings. The second-order valence-corrected chi connectivity index (χ2v) is 9.03. The zero-order chi connectivity index (χ0) is 20.3. The monoisotopic (exact) mass is 401 g/mol. The van der Waals surface area contributed by atoms with Crippen LogP contribution in [-0.4, -0.2) is 39.2 Å². The van der Waals surface area contributed by atoms with Crippen molar-refractivity contribution < 1.29 is 13.8 Å². The second-order valence-electron chi connectivity index (χ2n) is 6.62. The third kappa shape index (κ3) is 4.36. The Morgan fingerprint density at radius 1 is 1.32 bits per heavy atom. The van der Waals surface area contributed by atoms with Crippen molar-refractivity contribution in [3.63, 3.8) is 0 Å². The Kier molecular flexibility index (Phi) is 5.73. The average molecular weight is 401 g/mol. The molecule has 8 nitrogen and oxygen atoms in total. The van der Waals surface area contributed by atoms with E-state index in [2.05, 4.69) is 25.0 Å². The first kappa shape index (κ1) is 19.9. The molecule has 3 rings (SSSR count). The van der Waals surface area contributed by atoms with Gasteiger partial charge in [0.25, 0.3) is 0 Å². The molecule has 1 atom stereocenters. The van der Waals surface area contributed by atoms with Gasteiger partial charge >= 0.3 is 0 Å². The minimum Gasteiger partial charge on any atom is -0.338 e. The molecule has 0 spiro atoms. The van der Waals surface area contributed by atoms with Gasteiger partial charge in [-0.1, -0.05) is 6.92 Å². The first-order chi connectivity index (χ1) is 13.4. The Hall–Kier alpha value is -2.81. The average Bonchev–Trinajstić information content (AvgIpc) is 3.53. The molecule has 0 aliphatic heterocycles. The van der Waals surface area contributed by atoms with E-state index in [4.69, 9.17) is 0 Å². The van der Waals surface area contributed by atoms with Crippen molar-refractivity contribution in [2.75, 3.05) is 23.9 Å². The van der Waals surface area contributed by atoms with Gasteiger partial charge in [-0.2, -0.15) is 0 Å². The van der Waals surface area contributed by atoms with Crippen LogP contribution in [0.5, 0.6) is 0 Å². The van der Waals surface area contributed by atoms with Crippen LogP contribution in [0.2, 0.25) is 0 Å². The lowest BCUT2D eigenvalue weighted by molar-refractivity contribution is -0.117. The molecule has 1 saturated carbocycles. The van der Waals surface area contributed by atoms with Crippen LogP contribution in [0, 0.1) is 5.92 Å². The maximum Gasteiger partial charge on any atom is 0.228 e. The number of pyridine rings is 2. The second kappa shape index (κ2) is 8.05. The van der Waals surface area contributed by atoms with Crippen molar-refractivity contribution >= 4 is 38.7 Å². The number of nitrogens with zero attached hydrogens (tertiary/aromatic N) is 3. The van der Waals surface area contributed by atoms with E-state index in [1.165, 1.54) is 19.5 Å². The zero-order valence-corrected chi connectivity index (χ0v) is 16.9. The SMILES string of the molecule is CCC(=O)c1cnc(NC(=O)C2CC2)cc1Nc1ncccc1S(C)(=O)=NC. The van der Waals surface area contributed by atoms with Crippen LogP contribution in [0.15, 0.2) is 39.9 Å². The number of nitrogens with one attached hydrogen (secondary N) is 2. The molecule has 0 aromatic carbocycles. The molecular formula is C19H23N5O3S. The molecule has 2 aromatic rings. The van der Waals surface area contributed by atoms with Crippen LogP contribution < -0.4 is 10.6 Å². The smallest absolute Gasteiger partial charge is 0.228 e. The van der Waals surface area contributed by atoms with E-state index < -0.39 is 9.73 Å². The predicted molar refractivity (Wildman–Crippen MR) is 108 cm³/mol. The molecule has 0 saturated heterocycles. The Morgan fingerprint density at radius 3 is 2.71 bits per heavy atom. The Labute approximate surface area is 164 Å². The summed E-state index contributed by atoms with van der Waals surface area (Å²) in [4.78, 5) is 33.3. The first-order valence-electron chi connectivity index (χ1n) is 9.02. The van der Waals surface area contributed by atoms with Gasteiger partial charge in [-0.15, -0.1) is 0 Å². The van der Waals surface area contributed by atoms with E-state index in [1.807, 2.05) is 0 Å². The zero-order valence-electron chi connectivity index (χ0n) is 16.1. The minimum absolute atomic E-state index is 0.0356. The van der Waals surface area contributed by atoms with Gasteiger partial charge in [0.2, 0.25) is 5.91 Å². The molecule has 0 bridgehead atoms. The van der Waals surface area contributed by atoms with Gasteiger partial charge in [0.15, 0.2) is 5.78 Å². The fraction of sp³-hybridized carbons (Fsp3) is 0.368. The van der Waals surface area contributed by atoms with Gasteiger partial charge in [-0.25, -0.2) is 18.5 Å². The summed E-state index contributed by atoms with van der Waals surface area (Å²) in [5.41, 5.74) is 0.818. The van der Waals surface area contributed by atoms with Crippen LogP contribution in [0.3, 0.4) is 0 Å². The molecule has 1 aliphatic carbocycles. The highest BCUT2D eigenvalue weighted by Gasteiger charge is 2.30. The topological polar surface area (TPSA) is 113 Å². The van der Waals surface area contributed by atoms with Crippen LogP contribution >= 0.6 is 0 Å². The number of amides is 1. The normalized spacial score (nSPS) is 15.4. The fourth-order valence-electron chi connectivity index (χ4n) is 2.63. The van der Waals surface area contributed by atoms with Crippen molar-refractivity contribution in [3.8, 4) is 0 Å². The fourth-order valence-corrected chi connectivity index (χ4v) is 3.62. The number of Topliss-reactive ketones (excluding diaryl/α,β-unsaturated/α-hetero) is 1. The summed E-state index contributed by atoms with van der Waals surface area (Å²) in [6, 6.07) is 4.96. The lowest BCUT2D eigenvalue weighted by Crippen LogP contribution is -2.15. The van der Waals surface area contributed by atoms with Gasteiger partial charge in [0.05, 0.1) is 25.9 Å². The number of rotatable bonds is 7. The van der Waals surface area contributed by atoms with E-state index in [0.717, 1.165) is 12.8 Å². The van der Waals surface area contributed by atoms with Crippen LogP contribution in [0.25, 0.3) is 0 Å². The molecular weight excluding hydrogens is 378 g/mol. The van der Waals surface area contributed by atoms with E-state index in [1.54, 1.807) is 31.3 Å². The summed E-state index contributed by atoms with van der Waals surface area (Å²) in [6.45, 7) is 1.76. The van der Waals surface area contributed by atoms with Crippen molar-refractivity contribution in [2.24, 2.45) is 10.3 Å². The summed E-state index contributed by atoms with van der Waals surface area (Å²) in [7, 11) is -1.15. The highest BCUT2D eigenvalue weighted by atomic mass is 32.2. The highest BCUT2D eigenvalue weighted by molar-refractivity contribution is 7.93. The predicted octanol–water partition coefficient (Wildman–Crippen LogP) is 3.25. The maximum atomic E-state index is 12.8. The first-order valence-corrected chi connectivity index (χ1v) is 10.9. The summed E-state index contributed by atoms with van der Waals surface area (Å²) in [5.74, 6) is 0.546. The van der Waals surface area contributed by atoms with E-state index in [0.29, 0.717) is 34.2 Å². The molecule has 1 amide bonds. The number of carbonyl (C=O) groups is 2. The number of ketones is 1. The van der Waals surface area contributed by atoms with Gasteiger partial charge in [-0.05, 0) is 25.0 Å². The lowest BCUT2D eigenvalue weighted by Gasteiger charge is -2.15. The molecule has 2 N–H and O–H groups in total. The standard InChI is InChI=1S/C19H23N5O3S/c1-4-15(25)13-11-22-17(24-19(26)12-7-8-12)10-14(13)23-18-16(6-5-9-21-18)28(3,27)20-2/h5-6,9-12H,4,7-8H2,1-3H3,(H2,21,22,23,24,26). The summed E-state index contributed by atoms with van der Waals surface area (Å²) >= 11 is 0. The Bertz CT molecular complexity index is 1040. The van der Waals surface area contributed by atoms with E-state index in [-0.39, 0.29) is 17.6 Å². The van der Waals surface area contributed by atoms with Crippen molar-refractivity contribution in [1.29, 1.82) is 0 Å². The van der Waals surface area contributed by atoms with Crippen molar-refractivity contribution in [2.45, 2.75) is 31.1 Å². The molecule has 0 radical (unpaired) electrons. The summed E-state index contributed by atoms with van der Waals surface area (Å²) in [6.07, 6.45) is 6.59. The highest BCUT2D eigenvalue weighted by Crippen LogP contribution is 2.31. The number of carbonyl (C=O) groups excluding carboxylic acids is 2. The van der Waals surface area contributed by atoms with Crippen LogP contribution in [0.1, 0.15) is 36.5 Å². The summed E-state index contributed by atoms with van der Waals surface area (Å²) in [5, 5.41) is 5.87. The number of anilines is 3. The van der Waals surface area contributed by atoms with Crippen molar-refractivity contribution in [1.82, 2.24) is 9.97 Å². The van der Waals surface area contributed by atoms with Gasteiger partial charge in [0.1, 0.15) is 11.6 Å². The maximum absolute atomic E-state index is 12.8. The molecule has 1 fully saturated rings. The van der Waals surface area contributed by atoms with Crippen LogP contribution in [-0.2, 0) is 14.5 Å². The Morgan fingerprint density at radius 2 is 2.07 bits per heavy atom. The molecule has 148 valence electrons. The quantitative estimate of drug-likeness (QED) is 0.689.